The van der Waals surface area contributed by atoms with E-state index in [4.69, 9.17) is 0 Å². The molecule has 1 atom stereocenters. The number of carbonyl (C=O) groups excluding carboxylic acids is 1. The van der Waals surface area contributed by atoms with Crippen LogP contribution in [0, 0.1) is 0 Å². The first-order valence-electron chi connectivity index (χ1n) is 6.70. The number of rotatable bonds is 3. The van der Waals surface area contributed by atoms with Crippen LogP contribution in [0.3, 0.4) is 0 Å². The molecule has 0 saturated carbocycles. The Balaban J connectivity index is 1.70. The second-order valence-corrected chi connectivity index (χ2v) is 4.89. The van der Waals surface area contributed by atoms with E-state index < -0.39 is 0 Å². The molecule has 2 heterocycles. The number of benzene rings is 1. The number of aromatic nitrogens is 1. The van der Waals surface area contributed by atoms with Crippen LogP contribution >= 0.6 is 0 Å². The fourth-order valence-electron chi connectivity index (χ4n) is 2.43. The largest absolute Gasteiger partial charge is 0.349 e. The van der Waals surface area contributed by atoms with Gasteiger partial charge in [0.2, 0.25) is 0 Å². The van der Waals surface area contributed by atoms with Gasteiger partial charge in [0, 0.05) is 18.0 Å². The van der Waals surface area contributed by atoms with Crippen molar-refractivity contribution in [2.45, 2.75) is 18.9 Å². The number of nitrogens with one attached hydrogen (secondary N) is 2. The number of pyridine rings is 1. The number of nitrogens with zero attached hydrogens (tertiary/aromatic N) is 1. The number of hydrogen-bond donors (Lipinski definition) is 2. The van der Waals surface area contributed by atoms with Crippen LogP contribution in [-0.4, -0.2) is 30.0 Å². The van der Waals surface area contributed by atoms with Crippen LogP contribution in [-0.2, 0) is 0 Å². The van der Waals surface area contributed by atoms with Gasteiger partial charge in [-0.05, 0) is 31.5 Å². The van der Waals surface area contributed by atoms with Gasteiger partial charge in [0.15, 0.2) is 0 Å². The first kappa shape index (κ1) is 12.1. The Hall–Kier alpha value is -1.94. The summed E-state index contributed by atoms with van der Waals surface area (Å²) < 4.78 is 0. The highest BCUT2D eigenvalue weighted by atomic mass is 16.1. The van der Waals surface area contributed by atoms with Gasteiger partial charge in [-0.2, -0.15) is 0 Å². The predicted molar refractivity (Wildman–Crippen MR) is 75.1 cm³/mol. The summed E-state index contributed by atoms with van der Waals surface area (Å²) in [6.07, 6.45) is 2.32. The summed E-state index contributed by atoms with van der Waals surface area (Å²) in [5.41, 5.74) is 1.34. The van der Waals surface area contributed by atoms with Crippen LogP contribution < -0.4 is 10.6 Å². The lowest BCUT2D eigenvalue weighted by molar-refractivity contribution is 0.0945. The SMILES string of the molecule is O=C(NC[C@@H]1CCCN1)c1ccc2ccccc2n1. The zero-order valence-corrected chi connectivity index (χ0v) is 10.7. The van der Waals surface area contributed by atoms with E-state index in [1.54, 1.807) is 6.07 Å². The van der Waals surface area contributed by atoms with E-state index in [-0.39, 0.29) is 5.91 Å². The monoisotopic (exact) mass is 255 g/mol. The summed E-state index contributed by atoms with van der Waals surface area (Å²) in [7, 11) is 0. The number of hydrogen-bond acceptors (Lipinski definition) is 3. The summed E-state index contributed by atoms with van der Waals surface area (Å²) in [4.78, 5) is 16.4. The van der Waals surface area contributed by atoms with E-state index in [0.717, 1.165) is 23.9 Å². The molecule has 0 aliphatic carbocycles. The minimum absolute atomic E-state index is 0.0977. The molecule has 4 nitrogen and oxygen atoms in total. The lowest BCUT2D eigenvalue weighted by atomic mass is 10.2. The minimum atomic E-state index is -0.0977. The molecule has 1 aliphatic heterocycles. The molecule has 2 N–H and O–H groups in total. The van der Waals surface area contributed by atoms with Gasteiger partial charge in [-0.3, -0.25) is 4.79 Å². The molecule has 0 unspecified atom stereocenters. The maximum absolute atomic E-state index is 12.0. The summed E-state index contributed by atoms with van der Waals surface area (Å²) in [5.74, 6) is -0.0977. The Labute approximate surface area is 112 Å². The highest BCUT2D eigenvalue weighted by Crippen LogP contribution is 2.11. The minimum Gasteiger partial charge on any atom is -0.349 e. The van der Waals surface area contributed by atoms with Crippen molar-refractivity contribution in [3.8, 4) is 0 Å². The molecule has 0 spiro atoms. The molecule has 0 bridgehead atoms. The van der Waals surface area contributed by atoms with Crippen molar-refractivity contribution < 1.29 is 4.79 Å². The quantitative estimate of drug-likeness (QED) is 0.878. The lowest BCUT2D eigenvalue weighted by Crippen LogP contribution is -2.37. The molecule has 1 saturated heterocycles. The zero-order valence-electron chi connectivity index (χ0n) is 10.7. The normalized spacial score (nSPS) is 18.6. The van der Waals surface area contributed by atoms with Gasteiger partial charge in [-0.1, -0.05) is 24.3 Å². The molecule has 19 heavy (non-hydrogen) atoms. The molecule has 1 aromatic heterocycles. The molecule has 4 heteroatoms. The van der Waals surface area contributed by atoms with Crippen molar-refractivity contribution in [1.82, 2.24) is 15.6 Å². The molecule has 1 aliphatic rings. The van der Waals surface area contributed by atoms with Crippen molar-refractivity contribution >= 4 is 16.8 Å². The van der Waals surface area contributed by atoms with Crippen molar-refractivity contribution in [2.75, 3.05) is 13.1 Å². The summed E-state index contributed by atoms with van der Waals surface area (Å²) in [6, 6.07) is 11.9. The molecule has 1 aromatic carbocycles. The topological polar surface area (TPSA) is 54.0 Å². The Morgan fingerprint density at radius 3 is 3.05 bits per heavy atom. The van der Waals surface area contributed by atoms with E-state index in [9.17, 15) is 4.79 Å². The molecule has 1 amide bonds. The maximum atomic E-state index is 12.0. The smallest absolute Gasteiger partial charge is 0.269 e. The average Bonchev–Trinajstić information content (AvgIpc) is 2.97. The van der Waals surface area contributed by atoms with E-state index in [0.29, 0.717) is 18.3 Å². The lowest BCUT2D eigenvalue weighted by Gasteiger charge is -2.11. The highest BCUT2D eigenvalue weighted by Gasteiger charge is 2.15. The Morgan fingerprint density at radius 2 is 2.21 bits per heavy atom. The molecular weight excluding hydrogens is 238 g/mol. The van der Waals surface area contributed by atoms with Crippen LogP contribution in [0.4, 0.5) is 0 Å². The third-order valence-corrected chi connectivity index (χ3v) is 3.50. The maximum Gasteiger partial charge on any atom is 0.269 e. The number of carbonyl (C=O) groups is 1. The Bertz CT molecular complexity index is 591. The van der Waals surface area contributed by atoms with E-state index in [1.165, 1.54) is 6.42 Å². The molecule has 0 radical (unpaired) electrons. The third-order valence-electron chi connectivity index (χ3n) is 3.50. The van der Waals surface area contributed by atoms with E-state index in [2.05, 4.69) is 15.6 Å². The van der Waals surface area contributed by atoms with Crippen molar-refractivity contribution in [3.63, 3.8) is 0 Å². The van der Waals surface area contributed by atoms with Crippen molar-refractivity contribution in [1.29, 1.82) is 0 Å². The fraction of sp³-hybridized carbons (Fsp3) is 0.333. The number of amides is 1. The number of para-hydroxylation sites is 1. The first-order valence-corrected chi connectivity index (χ1v) is 6.70. The molecule has 1 fully saturated rings. The first-order chi connectivity index (χ1) is 9.33. The predicted octanol–water partition coefficient (Wildman–Crippen LogP) is 1.72. The van der Waals surface area contributed by atoms with Gasteiger partial charge in [0.05, 0.1) is 5.52 Å². The molecule has 98 valence electrons. The van der Waals surface area contributed by atoms with Crippen LogP contribution in [0.15, 0.2) is 36.4 Å². The van der Waals surface area contributed by atoms with Gasteiger partial charge in [0.25, 0.3) is 5.91 Å². The third kappa shape index (κ3) is 2.74. The standard InChI is InChI=1S/C15H17N3O/c19-15(17-10-12-5-3-9-16-12)14-8-7-11-4-1-2-6-13(11)18-14/h1-2,4,6-8,12,16H,3,5,9-10H2,(H,17,19)/t12-/m0/s1. The summed E-state index contributed by atoms with van der Waals surface area (Å²) in [6.45, 7) is 1.72. The summed E-state index contributed by atoms with van der Waals surface area (Å²) >= 11 is 0. The van der Waals surface area contributed by atoms with Crippen LogP contribution in [0.25, 0.3) is 10.9 Å². The average molecular weight is 255 g/mol. The van der Waals surface area contributed by atoms with Crippen molar-refractivity contribution in [3.05, 3.63) is 42.1 Å². The van der Waals surface area contributed by atoms with Crippen LogP contribution in [0.5, 0.6) is 0 Å². The van der Waals surface area contributed by atoms with Crippen LogP contribution in [0.1, 0.15) is 23.3 Å². The van der Waals surface area contributed by atoms with E-state index >= 15 is 0 Å². The van der Waals surface area contributed by atoms with Gasteiger partial charge >= 0.3 is 0 Å². The Morgan fingerprint density at radius 1 is 1.32 bits per heavy atom. The van der Waals surface area contributed by atoms with Gasteiger partial charge in [-0.25, -0.2) is 4.98 Å². The molecular formula is C15H17N3O. The van der Waals surface area contributed by atoms with Gasteiger partial charge < -0.3 is 10.6 Å². The van der Waals surface area contributed by atoms with E-state index in [1.807, 2.05) is 30.3 Å². The zero-order chi connectivity index (χ0) is 13.1. The van der Waals surface area contributed by atoms with Crippen LogP contribution in [0.2, 0.25) is 0 Å². The highest BCUT2D eigenvalue weighted by molar-refractivity contribution is 5.94. The number of fused-ring (bicyclic) bond motifs is 1. The van der Waals surface area contributed by atoms with Gasteiger partial charge in [-0.15, -0.1) is 0 Å². The second-order valence-electron chi connectivity index (χ2n) is 4.89. The summed E-state index contributed by atoms with van der Waals surface area (Å²) in [5, 5.41) is 7.35. The molecule has 2 aromatic rings. The molecule has 3 rings (SSSR count). The second kappa shape index (κ2) is 5.36. The van der Waals surface area contributed by atoms with Gasteiger partial charge in [0.1, 0.15) is 5.69 Å². The fourth-order valence-corrected chi connectivity index (χ4v) is 2.43. The van der Waals surface area contributed by atoms with Crippen molar-refractivity contribution in [2.24, 2.45) is 0 Å². The Kier molecular flexibility index (Phi) is 3.42.